The van der Waals surface area contributed by atoms with Gasteiger partial charge in [0.05, 0.1) is 16.8 Å². The van der Waals surface area contributed by atoms with Crippen LogP contribution >= 0.6 is 11.3 Å². The number of nitrogens with zero attached hydrogens (tertiary/aromatic N) is 3. The van der Waals surface area contributed by atoms with E-state index in [0.717, 1.165) is 10.8 Å². The highest BCUT2D eigenvalue weighted by Crippen LogP contribution is 2.23. The van der Waals surface area contributed by atoms with Crippen LogP contribution in [0.1, 0.15) is 26.4 Å². The van der Waals surface area contributed by atoms with E-state index in [4.69, 9.17) is 0 Å². The molecule has 4 rings (SSSR count). The summed E-state index contributed by atoms with van der Waals surface area (Å²) < 4.78 is 1.94. The van der Waals surface area contributed by atoms with Gasteiger partial charge in [0.2, 0.25) is 0 Å². The van der Waals surface area contributed by atoms with Gasteiger partial charge in [-0.05, 0) is 24.3 Å². The van der Waals surface area contributed by atoms with Crippen LogP contribution in [0.4, 0.5) is 0 Å². The van der Waals surface area contributed by atoms with Crippen molar-refractivity contribution in [3.63, 3.8) is 0 Å². The van der Waals surface area contributed by atoms with E-state index in [1.54, 1.807) is 35.6 Å². The van der Waals surface area contributed by atoms with Gasteiger partial charge in [-0.3, -0.25) is 14.5 Å². The average Bonchev–Trinajstić information content (AvgIpc) is 3.29. The molecule has 1 aromatic carbocycles. The minimum Gasteiger partial charge on any atom is -0.300 e. The number of thiazole rings is 1. The molecule has 1 aliphatic rings. The predicted molar refractivity (Wildman–Crippen MR) is 87.0 cm³/mol. The molecule has 0 spiro atoms. The topological polar surface area (TPSA) is 55.2 Å². The lowest BCUT2D eigenvalue weighted by molar-refractivity contribution is 0.0656. The molecule has 2 aromatic heterocycles. The molecule has 5 nitrogen and oxygen atoms in total. The number of hydrogen-bond acceptors (Lipinski definition) is 4. The molecular formula is C17H13N3O2S. The molecule has 2 amide bonds. The predicted octanol–water partition coefficient (Wildman–Crippen LogP) is 2.77. The van der Waals surface area contributed by atoms with E-state index in [0.29, 0.717) is 24.1 Å². The fourth-order valence-electron chi connectivity index (χ4n) is 2.66. The third-order valence-corrected chi connectivity index (χ3v) is 4.74. The molecule has 0 fully saturated rings. The van der Waals surface area contributed by atoms with Crippen LogP contribution in [0, 0.1) is 0 Å². The Balaban J connectivity index is 1.48. The number of carbonyl (C=O) groups excluding carboxylic acids is 2. The van der Waals surface area contributed by atoms with Crippen LogP contribution in [0.15, 0.2) is 54.2 Å². The Morgan fingerprint density at radius 2 is 1.61 bits per heavy atom. The van der Waals surface area contributed by atoms with Crippen molar-refractivity contribution in [2.45, 2.75) is 6.42 Å². The third-order valence-electron chi connectivity index (χ3n) is 3.83. The summed E-state index contributed by atoms with van der Waals surface area (Å²) >= 11 is 1.54. The summed E-state index contributed by atoms with van der Waals surface area (Å²) in [7, 11) is 0. The molecule has 3 heterocycles. The molecule has 0 atom stereocenters. The minimum absolute atomic E-state index is 0.216. The lowest BCUT2D eigenvalue weighted by atomic mass is 10.1. The standard InChI is InChI=1S/C17H13N3O2S/c21-15-13-5-1-2-6-14(13)16(22)20(15)10-7-12-11-23-17(18-12)19-8-3-4-9-19/h1-6,8-9,11H,7,10H2. The van der Waals surface area contributed by atoms with Gasteiger partial charge in [-0.15, -0.1) is 11.3 Å². The summed E-state index contributed by atoms with van der Waals surface area (Å²) in [4.78, 5) is 30.5. The van der Waals surface area contributed by atoms with Crippen molar-refractivity contribution < 1.29 is 9.59 Å². The maximum atomic E-state index is 12.3. The second-order valence-corrected chi connectivity index (χ2v) is 6.11. The Morgan fingerprint density at radius 3 is 2.26 bits per heavy atom. The highest BCUT2D eigenvalue weighted by molar-refractivity contribution is 7.12. The summed E-state index contributed by atoms with van der Waals surface area (Å²) in [5.74, 6) is -0.432. The van der Waals surface area contributed by atoms with E-state index >= 15 is 0 Å². The molecule has 0 unspecified atom stereocenters. The van der Waals surface area contributed by atoms with E-state index in [9.17, 15) is 9.59 Å². The zero-order chi connectivity index (χ0) is 15.8. The van der Waals surface area contributed by atoms with E-state index < -0.39 is 0 Å². The molecule has 0 radical (unpaired) electrons. The quantitative estimate of drug-likeness (QED) is 0.694. The Bertz CT molecular complexity index is 848. The van der Waals surface area contributed by atoms with Crippen molar-refractivity contribution >= 4 is 23.2 Å². The molecule has 0 saturated carbocycles. The summed E-state index contributed by atoms with van der Waals surface area (Å²) in [5.41, 5.74) is 1.86. The van der Waals surface area contributed by atoms with Gasteiger partial charge in [-0.1, -0.05) is 12.1 Å². The first-order valence-corrected chi connectivity index (χ1v) is 8.15. The molecule has 0 N–H and O–H groups in total. The minimum atomic E-state index is -0.216. The average molecular weight is 323 g/mol. The molecule has 6 heteroatoms. The Kier molecular flexibility index (Phi) is 3.31. The molecule has 0 bridgehead atoms. The zero-order valence-electron chi connectivity index (χ0n) is 12.2. The van der Waals surface area contributed by atoms with Gasteiger partial charge in [0.15, 0.2) is 5.13 Å². The summed E-state index contributed by atoms with van der Waals surface area (Å²) in [5, 5.41) is 2.85. The number of imide groups is 1. The number of carbonyl (C=O) groups is 2. The van der Waals surface area contributed by atoms with Crippen molar-refractivity contribution in [2.24, 2.45) is 0 Å². The largest absolute Gasteiger partial charge is 0.300 e. The van der Waals surface area contributed by atoms with Crippen molar-refractivity contribution in [2.75, 3.05) is 6.54 Å². The number of benzene rings is 1. The Labute approximate surface area is 136 Å². The maximum absolute atomic E-state index is 12.3. The normalized spacial score (nSPS) is 13.7. The summed E-state index contributed by atoms with van der Waals surface area (Å²) in [6.45, 7) is 0.348. The molecule has 3 aromatic rings. The van der Waals surface area contributed by atoms with Crippen molar-refractivity contribution in [3.8, 4) is 5.13 Å². The van der Waals surface area contributed by atoms with Crippen LogP contribution < -0.4 is 0 Å². The molecular weight excluding hydrogens is 310 g/mol. The number of rotatable bonds is 4. The zero-order valence-corrected chi connectivity index (χ0v) is 13.0. The Morgan fingerprint density at radius 1 is 0.957 bits per heavy atom. The van der Waals surface area contributed by atoms with Crippen molar-refractivity contribution in [1.82, 2.24) is 14.5 Å². The lowest BCUT2D eigenvalue weighted by Crippen LogP contribution is -2.31. The van der Waals surface area contributed by atoms with Gasteiger partial charge in [-0.2, -0.15) is 0 Å². The van der Waals surface area contributed by atoms with Crippen LogP contribution in [0.2, 0.25) is 0 Å². The maximum Gasteiger partial charge on any atom is 0.261 e. The van der Waals surface area contributed by atoms with Gasteiger partial charge < -0.3 is 4.57 Å². The van der Waals surface area contributed by atoms with Gasteiger partial charge in [0, 0.05) is 30.7 Å². The van der Waals surface area contributed by atoms with Gasteiger partial charge >= 0.3 is 0 Å². The SMILES string of the molecule is O=C1c2ccccc2C(=O)N1CCc1csc(-n2cccc2)n1. The molecule has 114 valence electrons. The van der Waals surface area contributed by atoms with E-state index in [-0.39, 0.29) is 11.8 Å². The van der Waals surface area contributed by atoms with Gasteiger partial charge in [0.1, 0.15) is 0 Å². The first kappa shape index (κ1) is 13.9. The first-order chi connectivity index (χ1) is 11.2. The van der Waals surface area contributed by atoms with E-state index in [2.05, 4.69) is 4.98 Å². The number of amides is 2. The molecule has 0 aliphatic carbocycles. The number of fused-ring (bicyclic) bond motifs is 1. The lowest BCUT2D eigenvalue weighted by Gasteiger charge is -2.12. The van der Waals surface area contributed by atoms with Crippen LogP contribution in [0.3, 0.4) is 0 Å². The number of hydrogen-bond donors (Lipinski definition) is 0. The van der Waals surface area contributed by atoms with Crippen LogP contribution in [0.5, 0.6) is 0 Å². The second kappa shape index (κ2) is 5.48. The summed E-state index contributed by atoms with van der Waals surface area (Å²) in [6.07, 6.45) is 4.43. The molecule has 0 saturated heterocycles. The van der Waals surface area contributed by atoms with E-state index in [1.807, 2.05) is 34.5 Å². The molecule has 1 aliphatic heterocycles. The van der Waals surface area contributed by atoms with Gasteiger partial charge in [-0.25, -0.2) is 4.98 Å². The van der Waals surface area contributed by atoms with Crippen LogP contribution in [-0.4, -0.2) is 32.8 Å². The number of aromatic nitrogens is 2. The second-order valence-electron chi connectivity index (χ2n) is 5.27. The highest BCUT2D eigenvalue weighted by Gasteiger charge is 2.34. The molecule has 23 heavy (non-hydrogen) atoms. The fourth-order valence-corrected chi connectivity index (χ4v) is 3.49. The van der Waals surface area contributed by atoms with Crippen molar-refractivity contribution in [1.29, 1.82) is 0 Å². The fraction of sp³-hybridized carbons (Fsp3) is 0.118. The van der Waals surface area contributed by atoms with Gasteiger partial charge in [0.25, 0.3) is 11.8 Å². The van der Waals surface area contributed by atoms with Crippen LogP contribution in [-0.2, 0) is 6.42 Å². The summed E-state index contributed by atoms with van der Waals surface area (Å²) in [6, 6.07) is 10.8. The van der Waals surface area contributed by atoms with E-state index in [1.165, 1.54) is 4.90 Å². The highest BCUT2D eigenvalue weighted by atomic mass is 32.1. The Hall–Kier alpha value is -2.73. The third kappa shape index (κ3) is 2.37. The van der Waals surface area contributed by atoms with Crippen LogP contribution in [0.25, 0.3) is 5.13 Å². The van der Waals surface area contributed by atoms with Crippen molar-refractivity contribution in [3.05, 3.63) is 71.0 Å². The monoisotopic (exact) mass is 323 g/mol. The smallest absolute Gasteiger partial charge is 0.261 e. The first-order valence-electron chi connectivity index (χ1n) is 7.27.